The van der Waals surface area contributed by atoms with Crippen molar-refractivity contribution in [1.29, 1.82) is 0 Å². The minimum Gasteiger partial charge on any atom is -0.323 e. The second-order valence-electron chi connectivity index (χ2n) is 6.77. The van der Waals surface area contributed by atoms with Crippen LogP contribution < -0.4 is 5.32 Å². The monoisotopic (exact) mass is 326 g/mol. The molecule has 1 saturated heterocycles. The fourth-order valence-corrected chi connectivity index (χ4v) is 3.50. The maximum atomic E-state index is 12.7. The molecule has 2 aromatic rings. The fraction of sp³-hybridized carbons (Fsp3) is 0.474. The Morgan fingerprint density at radius 3 is 2.75 bits per heavy atom. The van der Waals surface area contributed by atoms with Gasteiger partial charge in [0.15, 0.2) is 0 Å². The number of carbonyl (C=O) groups excluding carboxylic acids is 1. The van der Waals surface area contributed by atoms with Crippen molar-refractivity contribution in [1.82, 2.24) is 14.7 Å². The van der Waals surface area contributed by atoms with E-state index in [1.165, 1.54) is 5.56 Å². The topological polar surface area (TPSA) is 50.2 Å². The van der Waals surface area contributed by atoms with Crippen molar-refractivity contribution >= 4 is 11.6 Å². The van der Waals surface area contributed by atoms with Gasteiger partial charge in [0.05, 0.1) is 17.3 Å². The number of hydrogen-bond acceptors (Lipinski definition) is 3. The van der Waals surface area contributed by atoms with Gasteiger partial charge in [-0.05, 0) is 17.9 Å². The predicted molar refractivity (Wildman–Crippen MR) is 95.6 cm³/mol. The number of nitrogens with zero attached hydrogens (tertiary/aromatic N) is 3. The minimum absolute atomic E-state index is 0.0265. The summed E-state index contributed by atoms with van der Waals surface area (Å²) in [7, 11) is 1.88. The third-order valence-electron chi connectivity index (χ3n) is 4.77. The lowest BCUT2D eigenvalue weighted by atomic mass is 9.97. The van der Waals surface area contributed by atoms with Crippen LogP contribution in [0.1, 0.15) is 25.1 Å². The van der Waals surface area contributed by atoms with Gasteiger partial charge in [-0.25, -0.2) is 0 Å². The Balaban J connectivity index is 1.63. The van der Waals surface area contributed by atoms with E-state index in [-0.39, 0.29) is 11.8 Å². The maximum absolute atomic E-state index is 12.7. The zero-order valence-electron chi connectivity index (χ0n) is 14.7. The van der Waals surface area contributed by atoms with Gasteiger partial charge < -0.3 is 5.32 Å². The highest BCUT2D eigenvalue weighted by Gasteiger charge is 2.35. The number of rotatable bonds is 5. The summed E-state index contributed by atoms with van der Waals surface area (Å²) in [6.45, 7) is 6.89. The summed E-state index contributed by atoms with van der Waals surface area (Å²) in [6, 6.07) is 10.4. The zero-order valence-corrected chi connectivity index (χ0v) is 14.7. The maximum Gasteiger partial charge on any atom is 0.229 e. The van der Waals surface area contributed by atoms with E-state index in [0.717, 1.165) is 37.4 Å². The van der Waals surface area contributed by atoms with E-state index in [4.69, 9.17) is 0 Å². The summed E-state index contributed by atoms with van der Waals surface area (Å²) in [6.07, 6.45) is 2.70. The highest BCUT2D eigenvalue weighted by atomic mass is 16.2. The Kier molecular flexibility index (Phi) is 5.00. The Labute approximate surface area is 143 Å². The Morgan fingerprint density at radius 2 is 2.04 bits per heavy atom. The standard InChI is InChI=1S/C19H26N4O/c1-4-17-18(13-22(3)21-17)20-19(24)16-12-23(10-14(16)2)11-15-8-6-5-7-9-15/h5-9,13-14,16H,4,10-12H2,1-3H3,(H,20,24)/t14-,16-/m1/s1. The van der Waals surface area contributed by atoms with Gasteiger partial charge in [-0.15, -0.1) is 0 Å². The number of anilines is 1. The average Bonchev–Trinajstić information content (AvgIpc) is 3.10. The number of likely N-dealkylation sites (tertiary alicyclic amines) is 1. The van der Waals surface area contributed by atoms with Crippen molar-refractivity contribution < 1.29 is 4.79 Å². The Bertz CT molecular complexity index is 695. The van der Waals surface area contributed by atoms with E-state index in [1.54, 1.807) is 4.68 Å². The molecule has 24 heavy (non-hydrogen) atoms. The first-order valence-electron chi connectivity index (χ1n) is 8.66. The van der Waals surface area contributed by atoms with Crippen LogP contribution in [0.4, 0.5) is 5.69 Å². The summed E-state index contributed by atoms with van der Waals surface area (Å²) in [5.41, 5.74) is 3.09. The normalized spacial score (nSPS) is 21.1. The lowest BCUT2D eigenvalue weighted by Gasteiger charge is -2.16. The molecule has 2 heterocycles. The first kappa shape index (κ1) is 16.7. The van der Waals surface area contributed by atoms with E-state index in [0.29, 0.717) is 5.92 Å². The smallest absolute Gasteiger partial charge is 0.229 e. The molecule has 0 radical (unpaired) electrons. The number of hydrogen-bond donors (Lipinski definition) is 1. The molecule has 1 amide bonds. The number of carbonyl (C=O) groups is 1. The molecule has 3 rings (SSSR count). The summed E-state index contributed by atoms with van der Waals surface area (Å²) in [5.74, 6) is 0.495. The molecule has 5 heteroatoms. The lowest BCUT2D eigenvalue weighted by Crippen LogP contribution is -2.28. The van der Waals surface area contributed by atoms with E-state index in [1.807, 2.05) is 19.3 Å². The molecule has 0 spiro atoms. The number of benzene rings is 1. The number of nitrogens with one attached hydrogen (secondary N) is 1. The summed E-state index contributed by atoms with van der Waals surface area (Å²) in [4.78, 5) is 15.1. The van der Waals surface area contributed by atoms with Crippen LogP contribution in [-0.4, -0.2) is 33.7 Å². The second kappa shape index (κ2) is 7.18. The molecule has 0 aliphatic carbocycles. The van der Waals surface area contributed by atoms with Crippen molar-refractivity contribution in [2.75, 3.05) is 18.4 Å². The number of aromatic nitrogens is 2. The van der Waals surface area contributed by atoms with Gasteiger partial charge in [-0.2, -0.15) is 5.10 Å². The van der Waals surface area contributed by atoms with Crippen LogP contribution in [0.15, 0.2) is 36.5 Å². The molecular formula is C19H26N4O. The third kappa shape index (κ3) is 3.67. The molecule has 1 aliphatic heterocycles. The van der Waals surface area contributed by atoms with Gasteiger partial charge in [0.25, 0.3) is 0 Å². The first-order valence-corrected chi connectivity index (χ1v) is 8.66. The molecule has 1 aliphatic rings. The van der Waals surface area contributed by atoms with Crippen LogP contribution in [-0.2, 0) is 24.8 Å². The van der Waals surface area contributed by atoms with Crippen LogP contribution >= 0.6 is 0 Å². The minimum atomic E-state index is 0.0265. The molecule has 0 saturated carbocycles. The summed E-state index contributed by atoms with van der Waals surface area (Å²) < 4.78 is 1.76. The molecule has 5 nitrogen and oxygen atoms in total. The molecule has 128 valence electrons. The quantitative estimate of drug-likeness (QED) is 0.919. The average molecular weight is 326 g/mol. The van der Waals surface area contributed by atoms with Crippen molar-refractivity contribution in [2.24, 2.45) is 18.9 Å². The molecule has 1 aromatic carbocycles. The second-order valence-corrected chi connectivity index (χ2v) is 6.77. The molecular weight excluding hydrogens is 300 g/mol. The highest BCUT2D eigenvalue weighted by Crippen LogP contribution is 2.26. The molecule has 0 bridgehead atoms. The van der Waals surface area contributed by atoms with Crippen LogP contribution in [0, 0.1) is 11.8 Å². The first-order chi connectivity index (χ1) is 11.6. The zero-order chi connectivity index (χ0) is 17.1. The van der Waals surface area contributed by atoms with Crippen molar-refractivity contribution in [3.63, 3.8) is 0 Å². The van der Waals surface area contributed by atoms with Crippen molar-refractivity contribution in [3.8, 4) is 0 Å². The predicted octanol–water partition coefficient (Wildman–Crippen LogP) is 2.69. The van der Waals surface area contributed by atoms with Crippen LogP contribution in [0.5, 0.6) is 0 Å². The van der Waals surface area contributed by atoms with Gasteiger partial charge in [0.2, 0.25) is 5.91 Å². The SMILES string of the molecule is CCc1nn(C)cc1NC(=O)[C@@H]1CN(Cc2ccccc2)C[C@H]1C. The highest BCUT2D eigenvalue weighted by molar-refractivity contribution is 5.93. The van der Waals surface area contributed by atoms with Crippen LogP contribution in [0.3, 0.4) is 0 Å². The lowest BCUT2D eigenvalue weighted by molar-refractivity contribution is -0.120. The molecule has 1 N–H and O–H groups in total. The van der Waals surface area contributed by atoms with E-state index in [9.17, 15) is 4.79 Å². The van der Waals surface area contributed by atoms with E-state index < -0.39 is 0 Å². The molecule has 0 unspecified atom stereocenters. The van der Waals surface area contributed by atoms with Crippen molar-refractivity contribution in [2.45, 2.75) is 26.8 Å². The van der Waals surface area contributed by atoms with Gasteiger partial charge >= 0.3 is 0 Å². The summed E-state index contributed by atoms with van der Waals surface area (Å²) >= 11 is 0. The van der Waals surface area contributed by atoms with Gasteiger partial charge in [0.1, 0.15) is 0 Å². The van der Waals surface area contributed by atoms with Crippen LogP contribution in [0.2, 0.25) is 0 Å². The van der Waals surface area contributed by atoms with Crippen molar-refractivity contribution in [3.05, 3.63) is 47.8 Å². The Morgan fingerprint density at radius 1 is 1.29 bits per heavy atom. The molecule has 1 fully saturated rings. The fourth-order valence-electron chi connectivity index (χ4n) is 3.50. The third-order valence-corrected chi connectivity index (χ3v) is 4.77. The van der Waals surface area contributed by atoms with E-state index in [2.05, 4.69) is 53.4 Å². The van der Waals surface area contributed by atoms with E-state index >= 15 is 0 Å². The molecule has 1 aromatic heterocycles. The molecule has 2 atom stereocenters. The van der Waals surface area contributed by atoms with Gasteiger partial charge in [-0.1, -0.05) is 44.2 Å². The number of amides is 1. The van der Waals surface area contributed by atoms with Gasteiger partial charge in [-0.3, -0.25) is 14.4 Å². The Hall–Kier alpha value is -2.14. The summed E-state index contributed by atoms with van der Waals surface area (Å²) in [5, 5.41) is 7.48. The largest absolute Gasteiger partial charge is 0.323 e. The van der Waals surface area contributed by atoms with Crippen LogP contribution in [0.25, 0.3) is 0 Å². The van der Waals surface area contributed by atoms with Gasteiger partial charge in [0, 0.05) is 32.9 Å². The number of aryl methyl sites for hydroxylation is 2.